The summed E-state index contributed by atoms with van der Waals surface area (Å²) in [5, 5.41) is 0.584. The molecule has 0 bridgehead atoms. The molecule has 0 unspecified atom stereocenters. The highest BCUT2D eigenvalue weighted by Crippen LogP contribution is 2.40. The summed E-state index contributed by atoms with van der Waals surface area (Å²) in [5.74, 6) is 2.39. The van der Waals surface area contributed by atoms with Gasteiger partial charge >= 0.3 is 0 Å². The van der Waals surface area contributed by atoms with Gasteiger partial charge in [0.1, 0.15) is 33.2 Å². The molecule has 0 saturated heterocycles. The number of nitrogens with zero attached hydrogens (tertiary/aromatic N) is 3. The number of hydrogen-bond acceptors (Lipinski definition) is 8. The normalized spacial score (nSPS) is 10.6. The average Bonchev–Trinajstić information content (AvgIpc) is 3.24. The van der Waals surface area contributed by atoms with E-state index in [0.29, 0.717) is 40.2 Å². The van der Waals surface area contributed by atoms with Crippen LogP contribution in [0, 0.1) is 0 Å². The van der Waals surface area contributed by atoms with E-state index >= 15 is 0 Å². The molecule has 0 atom stereocenters. The molecule has 0 aliphatic rings. The Hall–Kier alpha value is -2.75. The van der Waals surface area contributed by atoms with Crippen molar-refractivity contribution >= 4 is 45.0 Å². The second-order valence-corrected chi connectivity index (χ2v) is 8.29. The molecular formula is C23H30ClN3O5S. The van der Waals surface area contributed by atoms with Crippen LogP contribution in [0.5, 0.6) is 23.0 Å². The van der Waals surface area contributed by atoms with E-state index in [1.165, 1.54) is 11.3 Å². The van der Waals surface area contributed by atoms with Crippen molar-refractivity contribution in [1.29, 1.82) is 0 Å². The zero-order chi connectivity index (χ0) is 23.1. The largest absolute Gasteiger partial charge is 0.497 e. The molecule has 0 aliphatic heterocycles. The number of ether oxygens (including phenoxy) is 4. The molecule has 1 heterocycles. The van der Waals surface area contributed by atoms with Crippen LogP contribution in [0.15, 0.2) is 36.4 Å². The summed E-state index contributed by atoms with van der Waals surface area (Å²) in [4.78, 5) is 21.7. The SMILES string of the molecule is COc1cccc(OCC(=O)N(CCCN(C)C)c2nc3c(OC)ccc(OC)c3s2)c1.Cl. The van der Waals surface area contributed by atoms with Crippen molar-refractivity contribution < 1.29 is 23.7 Å². The van der Waals surface area contributed by atoms with E-state index in [1.807, 2.05) is 38.4 Å². The summed E-state index contributed by atoms with van der Waals surface area (Å²) in [7, 11) is 8.81. The molecule has 1 aromatic heterocycles. The smallest absolute Gasteiger partial charge is 0.266 e. The predicted molar refractivity (Wildman–Crippen MR) is 134 cm³/mol. The highest BCUT2D eigenvalue weighted by Gasteiger charge is 2.23. The number of carbonyl (C=O) groups is 1. The Labute approximate surface area is 204 Å². The first-order valence-corrected chi connectivity index (χ1v) is 11.0. The van der Waals surface area contributed by atoms with Crippen molar-refractivity contribution in [2.45, 2.75) is 6.42 Å². The van der Waals surface area contributed by atoms with E-state index in [9.17, 15) is 4.79 Å². The van der Waals surface area contributed by atoms with Gasteiger partial charge in [0.05, 0.1) is 21.3 Å². The first-order chi connectivity index (χ1) is 15.5. The van der Waals surface area contributed by atoms with Gasteiger partial charge in [-0.25, -0.2) is 4.98 Å². The molecule has 33 heavy (non-hydrogen) atoms. The third kappa shape index (κ3) is 6.63. The van der Waals surface area contributed by atoms with E-state index < -0.39 is 0 Å². The van der Waals surface area contributed by atoms with E-state index in [4.69, 9.17) is 23.9 Å². The van der Waals surface area contributed by atoms with Crippen LogP contribution >= 0.6 is 23.7 Å². The Balaban J connectivity index is 0.00000385. The number of aromatic nitrogens is 1. The maximum atomic E-state index is 13.2. The monoisotopic (exact) mass is 495 g/mol. The van der Waals surface area contributed by atoms with Crippen LogP contribution in [0.4, 0.5) is 5.13 Å². The van der Waals surface area contributed by atoms with Crippen LogP contribution in [0.25, 0.3) is 10.2 Å². The van der Waals surface area contributed by atoms with Crippen molar-refractivity contribution in [3.05, 3.63) is 36.4 Å². The molecule has 8 nitrogen and oxygen atoms in total. The van der Waals surface area contributed by atoms with Crippen LogP contribution < -0.4 is 23.8 Å². The van der Waals surface area contributed by atoms with Crippen LogP contribution in [0.3, 0.4) is 0 Å². The summed E-state index contributed by atoms with van der Waals surface area (Å²) in [5.41, 5.74) is 0.672. The van der Waals surface area contributed by atoms with Gasteiger partial charge in [-0.2, -0.15) is 0 Å². The highest BCUT2D eigenvalue weighted by molar-refractivity contribution is 7.22. The quantitative estimate of drug-likeness (QED) is 0.396. The zero-order valence-electron chi connectivity index (χ0n) is 19.5. The van der Waals surface area contributed by atoms with E-state index in [0.717, 1.165) is 17.7 Å². The molecule has 10 heteroatoms. The lowest BCUT2D eigenvalue weighted by molar-refractivity contribution is -0.120. The molecule has 180 valence electrons. The van der Waals surface area contributed by atoms with Gasteiger partial charge in [-0.3, -0.25) is 9.69 Å². The van der Waals surface area contributed by atoms with Gasteiger partial charge in [-0.15, -0.1) is 12.4 Å². The average molecular weight is 496 g/mol. The third-order valence-corrected chi connectivity index (χ3v) is 5.91. The van der Waals surface area contributed by atoms with Gasteiger partial charge in [-0.1, -0.05) is 17.4 Å². The third-order valence-electron chi connectivity index (χ3n) is 4.82. The van der Waals surface area contributed by atoms with Crippen LogP contribution in [0.1, 0.15) is 6.42 Å². The van der Waals surface area contributed by atoms with Crippen molar-refractivity contribution in [2.75, 3.05) is 60.0 Å². The Bertz CT molecular complexity index is 1020. The van der Waals surface area contributed by atoms with E-state index in [2.05, 4.69) is 4.90 Å². The second kappa shape index (κ2) is 12.5. The highest BCUT2D eigenvalue weighted by atomic mass is 35.5. The maximum Gasteiger partial charge on any atom is 0.266 e. The first-order valence-electron chi connectivity index (χ1n) is 10.2. The number of fused-ring (bicyclic) bond motifs is 1. The Morgan fingerprint density at radius 3 is 2.33 bits per heavy atom. The minimum Gasteiger partial charge on any atom is -0.497 e. The molecule has 0 radical (unpaired) electrons. The van der Waals surface area contributed by atoms with Gasteiger partial charge in [0.2, 0.25) is 0 Å². The molecule has 0 spiro atoms. The lowest BCUT2D eigenvalue weighted by Gasteiger charge is -2.21. The van der Waals surface area contributed by atoms with Crippen LogP contribution in [-0.2, 0) is 4.79 Å². The Kier molecular flexibility index (Phi) is 10.0. The van der Waals surface area contributed by atoms with Gasteiger partial charge in [-0.05, 0) is 51.3 Å². The van der Waals surface area contributed by atoms with Crippen molar-refractivity contribution in [2.24, 2.45) is 0 Å². The van der Waals surface area contributed by atoms with Crippen molar-refractivity contribution in [3.8, 4) is 23.0 Å². The molecule has 1 amide bonds. The molecule has 0 saturated carbocycles. The molecule has 0 N–H and O–H groups in total. The van der Waals surface area contributed by atoms with E-state index in [1.54, 1.807) is 38.4 Å². The summed E-state index contributed by atoms with van der Waals surface area (Å²) in [6.45, 7) is 1.25. The summed E-state index contributed by atoms with van der Waals surface area (Å²) >= 11 is 1.40. The minimum absolute atomic E-state index is 0. The fourth-order valence-electron chi connectivity index (χ4n) is 3.18. The number of anilines is 1. The number of thiazole rings is 1. The number of benzene rings is 2. The fraction of sp³-hybridized carbons (Fsp3) is 0.391. The number of amides is 1. The summed E-state index contributed by atoms with van der Waals surface area (Å²) < 4.78 is 22.8. The summed E-state index contributed by atoms with van der Waals surface area (Å²) in [6.07, 6.45) is 0.794. The first kappa shape index (κ1) is 26.5. The number of methoxy groups -OCH3 is 3. The van der Waals surface area contributed by atoms with E-state index in [-0.39, 0.29) is 24.9 Å². The van der Waals surface area contributed by atoms with Crippen molar-refractivity contribution in [3.63, 3.8) is 0 Å². The maximum absolute atomic E-state index is 13.2. The van der Waals surface area contributed by atoms with Crippen LogP contribution in [-0.4, -0.2) is 70.9 Å². The lowest BCUT2D eigenvalue weighted by Crippen LogP contribution is -2.36. The number of hydrogen-bond donors (Lipinski definition) is 0. The minimum atomic E-state index is -0.177. The Morgan fingerprint density at radius 2 is 1.67 bits per heavy atom. The molecule has 3 rings (SSSR count). The topological polar surface area (TPSA) is 73.4 Å². The second-order valence-electron chi connectivity index (χ2n) is 7.31. The number of halogens is 1. The van der Waals surface area contributed by atoms with Gasteiger partial charge in [0.25, 0.3) is 5.91 Å². The van der Waals surface area contributed by atoms with Gasteiger partial charge < -0.3 is 23.8 Å². The van der Waals surface area contributed by atoms with Crippen molar-refractivity contribution in [1.82, 2.24) is 9.88 Å². The number of rotatable bonds is 11. The lowest BCUT2D eigenvalue weighted by atomic mass is 10.3. The zero-order valence-corrected chi connectivity index (χ0v) is 21.1. The fourth-order valence-corrected chi connectivity index (χ4v) is 4.29. The van der Waals surface area contributed by atoms with Crippen LogP contribution in [0.2, 0.25) is 0 Å². The molecule has 0 aliphatic carbocycles. The summed E-state index contributed by atoms with van der Waals surface area (Å²) in [6, 6.07) is 10.8. The molecule has 3 aromatic rings. The molecule has 2 aromatic carbocycles. The van der Waals surface area contributed by atoms with Gasteiger partial charge in [0, 0.05) is 12.6 Å². The standard InChI is InChI=1S/C23H29N3O5S.ClH/c1-25(2)12-7-13-26(20(27)15-31-17-9-6-8-16(14-17)28-3)23-24-21-18(29-4)10-11-19(30-5)22(21)32-23;/h6,8-11,14H,7,12-13,15H2,1-5H3;1H. The van der Waals surface area contributed by atoms with Gasteiger partial charge in [0.15, 0.2) is 11.7 Å². The molecule has 0 fully saturated rings. The molecular weight excluding hydrogens is 466 g/mol. The predicted octanol–water partition coefficient (Wildman–Crippen LogP) is 4.11. The Morgan fingerprint density at radius 1 is 0.970 bits per heavy atom. The number of carbonyl (C=O) groups excluding carboxylic acids is 1.